The van der Waals surface area contributed by atoms with Crippen LogP contribution in [0.5, 0.6) is 0 Å². The van der Waals surface area contributed by atoms with E-state index in [1.165, 1.54) is 11.6 Å². The third-order valence-electron chi connectivity index (χ3n) is 3.23. The van der Waals surface area contributed by atoms with Crippen molar-refractivity contribution in [3.05, 3.63) is 59.9 Å². The smallest absolute Gasteiger partial charge is 0.131 e. The van der Waals surface area contributed by atoms with Crippen molar-refractivity contribution in [1.82, 2.24) is 5.32 Å². The van der Waals surface area contributed by atoms with Gasteiger partial charge in [0, 0.05) is 11.6 Å². The number of rotatable bonds is 4. The Morgan fingerprint density at radius 1 is 1.11 bits per heavy atom. The SMILES string of the molecule is CCC(NC)c1cccc(-c2ccccc2F)c1. The fraction of sp³-hybridized carbons (Fsp3) is 0.250. The summed E-state index contributed by atoms with van der Waals surface area (Å²) < 4.78 is 13.8. The second-order valence-electron chi connectivity index (χ2n) is 4.35. The van der Waals surface area contributed by atoms with Crippen molar-refractivity contribution in [2.75, 3.05) is 7.05 Å². The second-order valence-corrected chi connectivity index (χ2v) is 4.35. The van der Waals surface area contributed by atoms with Gasteiger partial charge in [-0.25, -0.2) is 4.39 Å². The largest absolute Gasteiger partial charge is 0.313 e. The van der Waals surface area contributed by atoms with Gasteiger partial charge < -0.3 is 5.32 Å². The first-order valence-corrected chi connectivity index (χ1v) is 6.28. The summed E-state index contributed by atoms with van der Waals surface area (Å²) in [5.41, 5.74) is 2.78. The minimum absolute atomic E-state index is 0.174. The Kier molecular flexibility index (Phi) is 4.11. The van der Waals surface area contributed by atoms with Crippen molar-refractivity contribution in [3.63, 3.8) is 0 Å². The molecule has 2 aromatic carbocycles. The summed E-state index contributed by atoms with van der Waals surface area (Å²) in [6, 6.07) is 15.3. The zero-order chi connectivity index (χ0) is 13.0. The molecule has 0 aromatic heterocycles. The summed E-state index contributed by atoms with van der Waals surface area (Å²) in [5.74, 6) is -0.174. The lowest BCUT2D eigenvalue weighted by Crippen LogP contribution is -2.15. The molecule has 0 saturated heterocycles. The molecular weight excluding hydrogens is 225 g/mol. The molecule has 2 aromatic rings. The van der Waals surface area contributed by atoms with Crippen molar-refractivity contribution in [3.8, 4) is 11.1 Å². The van der Waals surface area contributed by atoms with E-state index in [9.17, 15) is 4.39 Å². The van der Waals surface area contributed by atoms with E-state index in [1.807, 2.05) is 31.3 Å². The Hall–Kier alpha value is -1.67. The molecule has 0 saturated carbocycles. The molecule has 0 amide bonds. The van der Waals surface area contributed by atoms with Crippen LogP contribution in [0.3, 0.4) is 0 Å². The first-order chi connectivity index (χ1) is 8.76. The van der Waals surface area contributed by atoms with Gasteiger partial charge in [-0.15, -0.1) is 0 Å². The molecule has 0 heterocycles. The standard InChI is InChI=1S/C16H18FN/c1-3-16(18-2)13-8-6-7-12(11-13)14-9-4-5-10-15(14)17/h4-11,16,18H,3H2,1-2H3. The van der Waals surface area contributed by atoms with Crippen LogP contribution in [0, 0.1) is 5.82 Å². The van der Waals surface area contributed by atoms with Crippen LogP contribution in [0.15, 0.2) is 48.5 Å². The molecule has 0 radical (unpaired) electrons. The van der Waals surface area contributed by atoms with Gasteiger partial charge in [-0.2, -0.15) is 0 Å². The third-order valence-corrected chi connectivity index (χ3v) is 3.23. The number of benzene rings is 2. The van der Waals surface area contributed by atoms with E-state index in [1.54, 1.807) is 6.07 Å². The van der Waals surface area contributed by atoms with Crippen LogP contribution in [0.25, 0.3) is 11.1 Å². The predicted octanol–water partition coefficient (Wildman–Crippen LogP) is 4.16. The van der Waals surface area contributed by atoms with E-state index in [0.717, 1.165) is 12.0 Å². The van der Waals surface area contributed by atoms with Crippen molar-refractivity contribution in [1.29, 1.82) is 0 Å². The molecule has 2 heteroatoms. The quantitative estimate of drug-likeness (QED) is 0.850. The Balaban J connectivity index is 2.42. The van der Waals surface area contributed by atoms with Crippen LogP contribution in [-0.2, 0) is 0 Å². The highest BCUT2D eigenvalue weighted by Crippen LogP contribution is 2.26. The maximum Gasteiger partial charge on any atom is 0.131 e. The van der Waals surface area contributed by atoms with Crippen LogP contribution >= 0.6 is 0 Å². The summed E-state index contributed by atoms with van der Waals surface area (Å²) in [6.07, 6.45) is 1.01. The molecule has 2 rings (SSSR count). The van der Waals surface area contributed by atoms with Crippen LogP contribution in [-0.4, -0.2) is 7.05 Å². The average Bonchev–Trinajstić information content (AvgIpc) is 2.41. The first-order valence-electron chi connectivity index (χ1n) is 6.28. The lowest BCUT2D eigenvalue weighted by atomic mass is 9.98. The van der Waals surface area contributed by atoms with Gasteiger partial charge in [0.1, 0.15) is 5.82 Å². The average molecular weight is 243 g/mol. The van der Waals surface area contributed by atoms with Crippen LogP contribution in [0.4, 0.5) is 4.39 Å². The van der Waals surface area contributed by atoms with Crippen molar-refractivity contribution in [2.45, 2.75) is 19.4 Å². The van der Waals surface area contributed by atoms with Crippen molar-refractivity contribution >= 4 is 0 Å². The van der Waals surface area contributed by atoms with Crippen molar-refractivity contribution in [2.24, 2.45) is 0 Å². The van der Waals surface area contributed by atoms with Gasteiger partial charge in [-0.3, -0.25) is 0 Å². The molecule has 94 valence electrons. The molecule has 1 nitrogen and oxygen atoms in total. The normalized spacial score (nSPS) is 12.4. The van der Waals surface area contributed by atoms with Gasteiger partial charge in [-0.1, -0.05) is 43.3 Å². The Morgan fingerprint density at radius 3 is 2.56 bits per heavy atom. The number of hydrogen-bond acceptors (Lipinski definition) is 1. The van der Waals surface area contributed by atoms with Gasteiger partial charge >= 0.3 is 0 Å². The molecular formula is C16H18FN. The topological polar surface area (TPSA) is 12.0 Å². The fourth-order valence-electron chi connectivity index (χ4n) is 2.22. The lowest BCUT2D eigenvalue weighted by molar-refractivity contribution is 0.577. The summed E-state index contributed by atoms with van der Waals surface area (Å²) in [6.45, 7) is 2.14. The molecule has 18 heavy (non-hydrogen) atoms. The molecule has 1 atom stereocenters. The van der Waals surface area contributed by atoms with E-state index in [2.05, 4.69) is 24.4 Å². The zero-order valence-electron chi connectivity index (χ0n) is 10.8. The van der Waals surface area contributed by atoms with Crippen LogP contribution in [0.1, 0.15) is 24.9 Å². The molecule has 0 aliphatic rings. The molecule has 0 fully saturated rings. The lowest BCUT2D eigenvalue weighted by Gasteiger charge is -2.15. The zero-order valence-corrected chi connectivity index (χ0v) is 10.8. The highest BCUT2D eigenvalue weighted by atomic mass is 19.1. The maximum absolute atomic E-state index is 13.8. The van der Waals surface area contributed by atoms with Gasteiger partial charge in [-0.05, 0) is 36.7 Å². The van der Waals surface area contributed by atoms with Gasteiger partial charge in [0.15, 0.2) is 0 Å². The Bertz CT molecular complexity index is 518. The summed E-state index contributed by atoms with van der Waals surface area (Å²) in [5, 5.41) is 3.27. The molecule has 0 spiro atoms. The van der Waals surface area contributed by atoms with Gasteiger partial charge in [0.05, 0.1) is 0 Å². The van der Waals surface area contributed by atoms with Crippen LogP contribution < -0.4 is 5.32 Å². The van der Waals surface area contributed by atoms with E-state index in [-0.39, 0.29) is 5.82 Å². The molecule has 0 bridgehead atoms. The highest BCUT2D eigenvalue weighted by Gasteiger charge is 2.09. The minimum Gasteiger partial charge on any atom is -0.313 e. The monoisotopic (exact) mass is 243 g/mol. The first kappa shape index (κ1) is 12.8. The van der Waals surface area contributed by atoms with Crippen LogP contribution in [0.2, 0.25) is 0 Å². The van der Waals surface area contributed by atoms with E-state index >= 15 is 0 Å². The molecule has 0 aliphatic heterocycles. The van der Waals surface area contributed by atoms with Crippen molar-refractivity contribution < 1.29 is 4.39 Å². The predicted molar refractivity (Wildman–Crippen MR) is 73.9 cm³/mol. The number of halogens is 1. The third kappa shape index (κ3) is 2.59. The second kappa shape index (κ2) is 5.78. The van der Waals surface area contributed by atoms with E-state index < -0.39 is 0 Å². The van der Waals surface area contributed by atoms with Gasteiger partial charge in [0.2, 0.25) is 0 Å². The summed E-state index contributed by atoms with van der Waals surface area (Å²) >= 11 is 0. The summed E-state index contributed by atoms with van der Waals surface area (Å²) in [7, 11) is 1.95. The molecule has 1 unspecified atom stereocenters. The number of hydrogen-bond donors (Lipinski definition) is 1. The van der Waals surface area contributed by atoms with Gasteiger partial charge in [0.25, 0.3) is 0 Å². The van der Waals surface area contributed by atoms with E-state index in [4.69, 9.17) is 0 Å². The number of nitrogens with one attached hydrogen (secondary N) is 1. The fourth-order valence-corrected chi connectivity index (χ4v) is 2.22. The minimum atomic E-state index is -0.174. The Morgan fingerprint density at radius 2 is 1.89 bits per heavy atom. The maximum atomic E-state index is 13.8. The van der Waals surface area contributed by atoms with E-state index in [0.29, 0.717) is 11.6 Å². The molecule has 1 N–H and O–H groups in total. The molecule has 0 aliphatic carbocycles. The highest BCUT2D eigenvalue weighted by molar-refractivity contribution is 5.64. The summed E-state index contributed by atoms with van der Waals surface area (Å²) in [4.78, 5) is 0. The Labute approximate surface area is 108 Å².